The number of para-hydroxylation sites is 1. The number of H-pyrrole nitrogens is 1. The Bertz CT molecular complexity index is 1660. The third-order valence-corrected chi connectivity index (χ3v) is 8.79. The second kappa shape index (κ2) is 12.3. The molecule has 5 heterocycles. The van der Waals surface area contributed by atoms with E-state index in [-0.39, 0.29) is 11.7 Å². The maximum Gasteiger partial charge on any atom is 0.271 e. The average molecular weight is 594 g/mol. The van der Waals surface area contributed by atoms with E-state index >= 15 is 0 Å². The van der Waals surface area contributed by atoms with Gasteiger partial charge in [0.05, 0.1) is 6.61 Å². The molecule has 0 saturated carbocycles. The minimum atomic E-state index is -0.184. The van der Waals surface area contributed by atoms with Crippen molar-refractivity contribution in [2.24, 2.45) is 0 Å². The molecule has 1 unspecified atom stereocenters. The standard InChI is InChI=1S/C34H39N7O3/c1-39(2)34-36-19-23(20-37-34)21-40-13-10-26(11-14-40)38-27-8-9-30-25(18-27)17-24-5-3-6-28(32(24)44-30)31-22-41(15-16-43-31)29-7-4-12-35-33(29)42/h3-9,12,18-20,26,31,38H,10-11,13-17,21-22H2,1-2H3,(H,35,42). The molecule has 2 aromatic carbocycles. The van der Waals surface area contributed by atoms with Gasteiger partial charge in [-0.1, -0.05) is 18.2 Å². The fourth-order valence-corrected chi connectivity index (χ4v) is 6.45. The normalized spacial score (nSPS) is 18.7. The molecule has 4 aromatic rings. The van der Waals surface area contributed by atoms with Crippen LogP contribution < -0.4 is 25.4 Å². The van der Waals surface area contributed by atoms with Crippen molar-refractivity contribution < 1.29 is 9.47 Å². The molecule has 10 heteroatoms. The molecule has 0 bridgehead atoms. The third kappa shape index (κ3) is 6.00. The number of aromatic amines is 1. The average Bonchev–Trinajstić information content (AvgIpc) is 3.05. The van der Waals surface area contributed by atoms with Gasteiger partial charge in [-0.3, -0.25) is 9.69 Å². The molecule has 2 fully saturated rings. The molecule has 0 aliphatic carbocycles. The second-order valence-electron chi connectivity index (χ2n) is 12.1. The summed E-state index contributed by atoms with van der Waals surface area (Å²) in [4.78, 5) is 30.6. The Morgan fingerprint density at radius 3 is 2.66 bits per heavy atom. The molecule has 2 aromatic heterocycles. The van der Waals surface area contributed by atoms with Gasteiger partial charge in [0.1, 0.15) is 23.3 Å². The van der Waals surface area contributed by atoms with Crippen molar-refractivity contribution in [1.29, 1.82) is 0 Å². The number of anilines is 3. The first-order valence-electron chi connectivity index (χ1n) is 15.4. The van der Waals surface area contributed by atoms with Crippen molar-refractivity contribution in [1.82, 2.24) is 19.9 Å². The van der Waals surface area contributed by atoms with E-state index in [4.69, 9.17) is 9.47 Å². The molecular weight excluding hydrogens is 554 g/mol. The lowest BCUT2D eigenvalue weighted by molar-refractivity contribution is 0.0383. The Labute approximate surface area is 257 Å². The van der Waals surface area contributed by atoms with Crippen molar-refractivity contribution in [2.75, 3.05) is 62.0 Å². The first-order valence-corrected chi connectivity index (χ1v) is 15.4. The van der Waals surface area contributed by atoms with Gasteiger partial charge in [-0.05, 0) is 48.7 Å². The Hall–Kier alpha value is -4.41. The Morgan fingerprint density at radius 1 is 1.02 bits per heavy atom. The summed E-state index contributed by atoms with van der Waals surface area (Å²) in [6.45, 7) is 4.78. The van der Waals surface area contributed by atoms with Crippen LogP contribution in [0, 0.1) is 0 Å². The van der Waals surface area contributed by atoms with Crippen LogP contribution in [0.3, 0.4) is 0 Å². The summed E-state index contributed by atoms with van der Waals surface area (Å²) in [5, 5.41) is 3.78. The predicted molar refractivity (Wildman–Crippen MR) is 172 cm³/mol. The second-order valence-corrected chi connectivity index (χ2v) is 12.1. The van der Waals surface area contributed by atoms with E-state index in [1.165, 1.54) is 5.56 Å². The molecule has 10 nitrogen and oxygen atoms in total. The van der Waals surface area contributed by atoms with Crippen LogP contribution in [-0.2, 0) is 17.7 Å². The number of hydrogen-bond donors (Lipinski definition) is 2. The Morgan fingerprint density at radius 2 is 1.86 bits per heavy atom. The quantitative estimate of drug-likeness (QED) is 0.281. The summed E-state index contributed by atoms with van der Waals surface area (Å²) in [5.41, 5.74) is 6.24. The maximum atomic E-state index is 12.4. The molecule has 7 rings (SSSR count). The SMILES string of the molecule is CN(C)c1ncc(CN2CCC(Nc3ccc4c(c3)Cc3cccc(C5CN(c6ccc[nH]c6=O)CCO5)c3O4)CC2)cn1. The summed E-state index contributed by atoms with van der Waals surface area (Å²) in [6.07, 6.45) is 8.33. The van der Waals surface area contributed by atoms with Crippen LogP contribution in [0.2, 0.25) is 0 Å². The molecule has 0 amide bonds. The summed E-state index contributed by atoms with van der Waals surface area (Å²) in [7, 11) is 3.91. The number of likely N-dealkylation sites (tertiary alicyclic amines) is 1. The minimum Gasteiger partial charge on any atom is -0.456 e. The minimum absolute atomic E-state index is 0.0792. The van der Waals surface area contributed by atoms with Gasteiger partial charge in [0.2, 0.25) is 5.95 Å². The summed E-state index contributed by atoms with van der Waals surface area (Å²) in [6, 6.07) is 16.9. The topological polar surface area (TPSA) is 98.9 Å². The fourth-order valence-electron chi connectivity index (χ4n) is 6.45. The highest BCUT2D eigenvalue weighted by molar-refractivity contribution is 5.59. The van der Waals surface area contributed by atoms with Gasteiger partial charge in [0, 0.05) is 100 Å². The van der Waals surface area contributed by atoms with E-state index in [9.17, 15) is 4.79 Å². The van der Waals surface area contributed by atoms with Crippen LogP contribution in [0.1, 0.15) is 41.2 Å². The number of ether oxygens (including phenoxy) is 2. The lowest BCUT2D eigenvalue weighted by Gasteiger charge is -2.35. The Kier molecular flexibility index (Phi) is 7.93. The van der Waals surface area contributed by atoms with Crippen molar-refractivity contribution in [3.63, 3.8) is 0 Å². The van der Waals surface area contributed by atoms with Crippen LogP contribution in [0.15, 0.2) is 71.9 Å². The molecule has 2 N–H and O–H groups in total. The van der Waals surface area contributed by atoms with Crippen LogP contribution >= 0.6 is 0 Å². The van der Waals surface area contributed by atoms with Crippen LogP contribution in [0.25, 0.3) is 0 Å². The number of morpholine rings is 1. The van der Waals surface area contributed by atoms with Crippen molar-refractivity contribution in [3.8, 4) is 11.5 Å². The number of nitrogens with zero attached hydrogens (tertiary/aromatic N) is 5. The molecule has 0 spiro atoms. The molecular formula is C34H39N7O3. The lowest BCUT2D eigenvalue weighted by Crippen LogP contribution is -2.41. The van der Waals surface area contributed by atoms with Crippen molar-refractivity contribution in [2.45, 2.75) is 38.0 Å². The number of fused-ring (bicyclic) bond motifs is 2. The fraction of sp³-hybridized carbons (Fsp3) is 0.382. The summed E-state index contributed by atoms with van der Waals surface area (Å²) < 4.78 is 12.8. The van der Waals surface area contributed by atoms with Gasteiger partial charge in [0.25, 0.3) is 5.56 Å². The molecule has 0 radical (unpaired) electrons. The molecule has 44 heavy (non-hydrogen) atoms. The first kappa shape index (κ1) is 28.4. The number of hydrogen-bond acceptors (Lipinski definition) is 9. The lowest BCUT2D eigenvalue weighted by atomic mass is 9.95. The number of piperidine rings is 1. The van der Waals surface area contributed by atoms with Crippen LogP contribution in [-0.4, -0.2) is 72.8 Å². The van der Waals surface area contributed by atoms with E-state index in [2.05, 4.69) is 66.5 Å². The molecule has 3 aliphatic rings. The van der Waals surface area contributed by atoms with Gasteiger partial charge in [-0.15, -0.1) is 0 Å². The van der Waals surface area contributed by atoms with Gasteiger partial charge in [-0.2, -0.15) is 0 Å². The first-order chi connectivity index (χ1) is 21.5. The van der Waals surface area contributed by atoms with Crippen LogP contribution in [0.5, 0.6) is 11.5 Å². The predicted octanol–water partition coefficient (Wildman–Crippen LogP) is 4.58. The zero-order valence-electron chi connectivity index (χ0n) is 25.3. The number of pyridine rings is 1. The van der Waals surface area contributed by atoms with Crippen molar-refractivity contribution in [3.05, 3.63) is 99.7 Å². The molecule has 1 atom stereocenters. The highest BCUT2D eigenvalue weighted by Crippen LogP contribution is 2.43. The van der Waals surface area contributed by atoms with E-state index in [1.807, 2.05) is 43.5 Å². The van der Waals surface area contributed by atoms with Crippen molar-refractivity contribution >= 4 is 17.3 Å². The van der Waals surface area contributed by atoms with E-state index in [0.717, 1.165) is 78.7 Å². The van der Waals surface area contributed by atoms with Gasteiger partial charge in [0.15, 0.2) is 0 Å². The van der Waals surface area contributed by atoms with E-state index in [0.29, 0.717) is 31.4 Å². The summed E-state index contributed by atoms with van der Waals surface area (Å²) in [5.74, 6) is 2.51. The number of rotatable bonds is 7. The Balaban J connectivity index is 0.978. The summed E-state index contributed by atoms with van der Waals surface area (Å²) >= 11 is 0. The van der Waals surface area contributed by atoms with Gasteiger partial charge >= 0.3 is 0 Å². The van der Waals surface area contributed by atoms with Gasteiger partial charge in [-0.25, -0.2) is 9.97 Å². The number of nitrogens with one attached hydrogen (secondary N) is 2. The zero-order chi connectivity index (χ0) is 30.0. The maximum absolute atomic E-state index is 12.4. The molecule has 2 saturated heterocycles. The number of aromatic nitrogens is 3. The largest absolute Gasteiger partial charge is 0.456 e. The highest BCUT2D eigenvalue weighted by atomic mass is 16.5. The van der Waals surface area contributed by atoms with Crippen LogP contribution in [0.4, 0.5) is 17.3 Å². The van der Waals surface area contributed by atoms with E-state index in [1.54, 1.807) is 6.20 Å². The molecule has 228 valence electrons. The molecule has 3 aliphatic heterocycles. The van der Waals surface area contributed by atoms with Gasteiger partial charge < -0.3 is 29.6 Å². The smallest absolute Gasteiger partial charge is 0.271 e. The number of benzene rings is 2. The third-order valence-electron chi connectivity index (χ3n) is 8.79. The van der Waals surface area contributed by atoms with E-state index < -0.39 is 0 Å². The monoisotopic (exact) mass is 593 g/mol. The zero-order valence-corrected chi connectivity index (χ0v) is 25.3. The highest BCUT2D eigenvalue weighted by Gasteiger charge is 2.29.